The number of aliphatic hydroxyl groups is 1. The van der Waals surface area contributed by atoms with Gasteiger partial charge in [-0.05, 0) is 31.4 Å². The quantitative estimate of drug-likeness (QED) is 0.923. The molecule has 2 fully saturated rings. The second kappa shape index (κ2) is 6.42. The fraction of sp³-hybridized carbons (Fsp3) is 0.625. The summed E-state index contributed by atoms with van der Waals surface area (Å²) in [6.45, 7) is 3.13. The van der Waals surface area contributed by atoms with E-state index >= 15 is 0 Å². The number of carbonyl (C=O) groups is 1. The number of aromatic nitrogens is 1. The van der Waals surface area contributed by atoms with Gasteiger partial charge in [-0.2, -0.15) is 0 Å². The van der Waals surface area contributed by atoms with E-state index < -0.39 is 0 Å². The zero-order valence-electron chi connectivity index (χ0n) is 12.7. The molecule has 1 amide bonds. The molecule has 1 N–H and O–H groups in total. The van der Waals surface area contributed by atoms with Crippen molar-refractivity contribution in [1.82, 2.24) is 9.88 Å². The van der Waals surface area contributed by atoms with Gasteiger partial charge in [-0.25, -0.2) is 4.98 Å². The van der Waals surface area contributed by atoms with E-state index in [9.17, 15) is 4.79 Å². The number of β-amino-alcohol motifs (C(OH)–C–C–N with tert-alkyl or cyclic N) is 1. The molecule has 0 aliphatic carbocycles. The number of aliphatic hydroxyl groups excluding tert-OH is 1. The Balaban J connectivity index is 1.74. The summed E-state index contributed by atoms with van der Waals surface area (Å²) in [4.78, 5) is 20.5. The highest BCUT2D eigenvalue weighted by Gasteiger charge is 2.41. The lowest BCUT2D eigenvalue weighted by molar-refractivity contribution is -0.138. The second-order valence-corrected chi connectivity index (χ2v) is 6.84. The predicted molar refractivity (Wildman–Crippen MR) is 86.0 cm³/mol. The number of amides is 1. The van der Waals surface area contributed by atoms with Crippen LogP contribution in [0.5, 0.6) is 0 Å². The fourth-order valence-corrected chi connectivity index (χ4v) is 3.83. The molecule has 6 heteroatoms. The van der Waals surface area contributed by atoms with Gasteiger partial charge in [0.05, 0.1) is 11.6 Å². The maximum atomic E-state index is 12.0. The highest BCUT2D eigenvalue weighted by Crippen LogP contribution is 2.39. The van der Waals surface area contributed by atoms with Crippen LogP contribution >= 0.6 is 11.6 Å². The first-order chi connectivity index (χ1) is 10.6. The van der Waals surface area contributed by atoms with Crippen LogP contribution in [0.15, 0.2) is 18.3 Å². The molecule has 1 aromatic rings. The number of likely N-dealkylation sites (tertiary alicyclic amines) is 1. The molecule has 0 saturated carbocycles. The molecule has 2 saturated heterocycles. The average Bonchev–Trinajstić information content (AvgIpc) is 2.52. The highest BCUT2D eigenvalue weighted by molar-refractivity contribution is 6.30. The second-order valence-electron chi connectivity index (χ2n) is 6.40. The number of halogens is 1. The molecule has 2 aliphatic heterocycles. The maximum absolute atomic E-state index is 12.0. The summed E-state index contributed by atoms with van der Waals surface area (Å²) in [5.41, 5.74) is 0.128. The number of hydrogen-bond donors (Lipinski definition) is 1. The van der Waals surface area contributed by atoms with E-state index in [1.54, 1.807) is 6.20 Å². The van der Waals surface area contributed by atoms with Crippen molar-refractivity contribution in [3.8, 4) is 0 Å². The number of anilines is 1. The average molecular weight is 324 g/mol. The molecule has 0 bridgehead atoms. The van der Waals surface area contributed by atoms with Gasteiger partial charge in [0, 0.05) is 44.2 Å². The molecule has 120 valence electrons. The van der Waals surface area contributed by atoms with Crippen LogP contribution < -0.4 is 4.90 Å². The van der Waals surface area contributed by atoms with Crippen molar-refractivity contribution >= 4 is 23.3 Å². The van der Waals surface area contributed by atoms with E-state index in [1.165, 1.54) is 0 Å². The van der Waals surface area contributed by atoms with Crippen LogP contribution in [-0.4, -0.2) is 53.7 Å². The Morgan fingerprint density at radius 3 is 2.91 bits per heavy atom. The summed E-state index contributed by atoms with van der Waals surface area (Å²) in [7, 11) is 0. The predicted octanol–water partition coefficient (Wildman–Crippen LogP) is 1.94. The van der Waals surface area contributed by atoms with E-state index in [4.69, 9.17) is 16.7 Å². The van der Waals surface area contributed by atoms with Crippen molar-refractivity contribution in [2.24, 2.45) is 5.41 Å². The Morgan fingerprint density at radius 2 is 2.18 bits per heavy atom. The number of carbonyl (C=O) groups excluding carboxylic acids is 1. The summed E-state index contributed by atoms with van der Waals surface area (Å²) in [5.74, 6) is 1.12. The molecular formula is C16H22ClN3O2. The van der Waals surface area contributed by atoms with Gasteiger partial charge in [0.1, 0.15) is 5.82 Å². The number of piperidine rings is 2. The standard InChI is InChI=1S/C16H22ClN3O2/c17-13-2-3-14(18-10-13)19-7-1-5-16(11-19)6-4-15(22)20(12-16)8-9-21/h2-3,10,21H,1,4-9,11-12H2/t16-/m1/s1. The molecule has 2 aliphatic rings. The van der Waals surface area contributed by atoms with Crippen LogP contribution in [0, 0.1) is 5.41 Å². The van der Waals surface area contributed by atoms with Crippen LogP contribution in [0.4, 0.5) is 5.82 Å². The smallest absolute Gasteiger partial charge is 0.222 e. The molecular weight excluding hydrogens is 302 g/mol. The molecule has 0 unspecified atom stereocenters. The third kappa shape index (κ3) is 3.20. The van der Waals surface area contributed by atoms with E-state index in [-0.39, 0.29) is 17.9 Å². The molecule has 1 atom stereocenters. The Hall–Kier alpha value is -1.33. The lowest BCUT2D eigenvalue weighted by atomic mass is 9.73. The van der Waals surface area contributed by atoms with Gasteiger partial charge in [-0.15, -0.1) is 0 Å². The van der Waals surface area contributed by atoms with Crippen LogP contribution in [0.3, 0.4) is 0 Å². The lowest BCUT2D eigenvalue weighted by Gasteiger charge is -2.48. The number of nitrogens with zero attached hydrogens (tertiary/aromatic N) is 3. The Labute approximate surface area is 135 Å². The van der Waals surface area contributed by atoms with Crippen molar-refractivity contribution in [2.45, 2.75) is 25.7 Å². The number of pyridine rings is 1. The van der Waals surface area contributed by atoms with Gasteiger partial charge < -0.3 is 14.9 Å². The molecule has 1 spiro atoms. The zero-order chi connectivity index (χ0) is 15.6. The third-order valence-corrected chi connectivity index (χ3v) is 5.04. The van der Waals surface area contributed by atoms with Gasteiger partial charge in [-0.1, -0.05) is 11.6 Å². The third-order valence-electron chi connectivity index (χ3n) is 4.82. The van der Waals surface area contributed by atoms with Crippen molar-refractivity contribution in [1.29, 1.82) is 0 Å². The van der Waals surface area contributed by atoms with Crippen LogP contribution in [0.25, 0.3) is 0 Å². The zero-order valence-corrected chi connectivity index (χ0v) is 13.4. The van der Waals surface area contributed by atoms with Crippen LogP contribution in [0.2, 0.25) is 5.02 Å². The van der Waals surface area contributed by atoms with E-state index in [0.29, 0.717) is 18.0 Å². The minimum Gasteiger partial charge on any atom is -0.395 e. The molecule has 22 heavy (non-hydrogen) atoms. The normalized spacial score (nSPS) is 25.8. The van der Waals surface area contributed by atoms with Crippen LogP contribution in [-0.2, 0) is 4.79 Å². The van der Waals surface area contributed by atoms with E-state index in [0.717, 1.165) is 44.7 Å². The monoisotopic (exact) mass is 323 g/mol. The largest absolute Gasteiger partial charge is 0.395 e. The summed E-state index contributed by atoms with van der Waals surface area (Å²) in [6.07, 6.45) is 5.43. The first kappa shape index (κ1) is 15.6. The SMILES string of the molecule is O=C1CC[C@@]2(CCCN(c3ccc(Cl)cn3)C2)CN1CCO. The Bertz CT molecular complexity index is 537. The van der Waals surface area contributed by atoms with Gasteiger partial charge in [0.25, 0.3) is 0 Å². The molecule has 3 heterocycles. The van der Waals surface area contributed by atoms with Gasteiger partial charge >= 0.3 is 0 Å². The van der Waals surface area contributed by atoms with Crippen molar-refractivity contribution in [3.05, 3.63) is 23.4 Å². The summed E-state index contributed by atoms with van der Waals surface area (Å²) < 4.78 is 0. The van der Waals surface area contributed by atoms with Crippen molar-refractivity contribution in [2.75, 3.05) is 37.7 Å². The Kier molecular flexibility index (Phi) is 4.54. The first-order valence-corrected chi connectivity index (χ1v) is 8.25. The summed E-state index contributed by atoms with van der Waals surface area (Å²) >= 11 is 5.91. The lowest BCUT2D eigenvalue weighted by Crippen LogP contribution is -2.54. The fourth-order valence-electron chi connectivity index (χ4n) is 3.72. The maximum Gasteiger partial charge on any atom is 0.222 e. The Morgan fingerprint density at radius 1 is 1.32 bits per heavy atom. The number of rotatable bonds is 3. The van der Waals surface area contributed by atoms with Gasteiger partial charge in [-0.3, -0.25) is 4.79 Å². The molecule has 0 aromatic carbocycles. The minimum atomic E-state index is 0.0320. The van der Waals surface area contributed by atoms with Gasteiger partial charge in [0.2, 0.25) is 5.91 Å². The molecule has 5 nitrogen and oxygen atoms in total. The molecule has 0 radical (unpaired) electrons. The first-order valence-electron chi connectivity index (χ1n) is 7.87. The molecule has 1 aromatic heterocycles. The number of hydrogen-bond acceptors (Lipinski definition) is 4. The van der Waals surface area contributed by atoms with Crippen molar-refractivity contribution < 1.29 is 9.90 Å². The minimum absolute atomic E-state index is 0.0320. The molecule has 3 rings (SSSR count). The van der Waals surface area contributed by atoms with E-state index in [2.05, 4.69) is 9.88 Å². The topological polar surface area (TPSA) is 56.7 Å². The van der Waals surface area contributed by atoms with E-state index in [1.807, 2.05) is 17.0 Å². The van der Waals surface area contributed by atoms with Gasteiger partial charge in [0.15, 0.2) is 0 Å². The summed E-state index contributed by atoms with van der Waals surface area (Å²) in [6, 6.07) is 3.83. The highest BCUT2D eigenvalue weighted by atomic mass is 35.5. The van der Waals surface area contributed by atoms with Crippen LogP contribution in [0.1, 0.15) is 25.7 Å². The van der Waals surface area contributed by atoms with Crippen molar-refractivity contribution in [3.63, 3.8) is 0 Å². The summed E-state index contributed by atoms with van der Waals surface area (Å²) in [5, 5.41) is 9.80.